The molecular formula is C21H20N4O2. The Morgan fingerprint density at radius 3 is 2.70 bits per heavy atom. The van der Waals surface area contributed by atoms with Gasteiger partial charge in [-0.15, -0.1) is 0 Å². The minimum atomic E-state index is -0.0830. The van der Waals surface area contributed by atoms with Crippen LogP contribution in [0.5, 0.6) is 5.75 Å². The Morgan fingerprint density at radius 2 is 1.93 bits per heavy atom. The molecule has 27 heavy (non-hydrogen) atoms. The number of anilines is 3. The Bertz CT molecular complexity index is 972. The fourth-order valence-corrected chi connectivity index (χ4v) is 3.35. The van der Waals surface area contributed by atoms with Crippen LogP contribution in [0.4, 0.5) is 17.3 Å². The molecule has 1 aromatic heterocycles. The van der Waals surface area contributed by atoms with Crippen molar-refractivity contribution in [2.75, 3.05) is 17.3 Å². The molecule has 0 spiro atoms. The summed E-state index contributed by atoms with van der Waals surface area (Å²) in [5.41, 5.74) is 3.44. The average Bonchev–Trinajstić information content (AvgIpc) is 3.04. The molecule has 1 unspecified atom stereocenters. The summed E-state index contributed by atoms with van der Waals surface area (Å²) in [6, 6.07) is 15.6. The van der Waals surface area contributed by atoms with E-state index >= 15 is 0 Å². The van der Waals surface area contributed by atoms with Crippen LogP contribution in [-0.4, -0.2) is 29.0 Å². The van der Waals surface area contributed by atoms with Crippen LogP contribution < -0.4 is 15.0 Å². The number of para-hydroxylation sites is 1. The van der Waals surface area contributed by atoms with Crippen molar-refractivity contribution in [1.82, 2.24) is 9.97 Å². The van der Waals surface area contributed by atoms with Gasteiger partial charge in [0.1, 0.15) is 5.75 Å². The van der Waals surface area contributed by atoms with Crippen LogP contribution in [0.3, 0.4) is 0 Å². The van der Waals surface area contributed by atoms with Gasteiger partial charge in [0.05, 0.1) is 12.7 Å². The van der Waals surface area contributed by atoms with Gasteiger partial charge in [-0.05, 0) is 37.1 Å². The highest BCUT2D eigenvalue weighted by Crippen LogP contribution is 2.33. The van der Waals surface area contributed by atoms with E-state index in [0.29, 0.717) is 11.5 Å². The van der Waals surface area contributed by atoms with Gasteiger partial charge in [0.15, 0.2) is 0 Å². The fraction of sp³-hybridized carbons (Fsp3) is 0.190. The Morgan fingerprint density at radius 1 is 1.15 bits per heavy atom. The zero-order valence-corrected chi connectivity index (χ0v) is 15.2. The van der Waals surface area contributed by atoms with E-state index in [1.54, 1.807) is 19.5 Å². The molecular weight excluding hydrogens is 340 g/mol. The number of carbonyl (C=O) groups is 1. The molecule has 6 nitrogen and oxygen atoms in total. The third kappa shape index (κ3) is 3.33. The molecule has 2 heterocycles. The predicted octanol–water partition coefficient (Wildman–Crippen LogP) is 3.82. The van der Waals surface area contributed by atoms with Gasteiger partial charge in [0.2, 0.25) is 5.95 Å². The summed E-state index contributed by atoms with van der Waals surface area (Å²) in [5, 5.41) is 3.11. The van der Waals surface area contributed by atoms with E-state index in [4.69, 9.17) is 4.74 Å². The number of amides is 1. The molecule has 1 amide bonds. The number of carbonyl (C=O) groups excluding carboxylic acids is 1. The highest BCUT2D eigenvalue weighted by molar-refractivity contribution is 6.07. The normalized spacial score (nSPS) is 15.3. The molecule has 0 radical (unpaired) electrons. The van der Waals surface area contributed by atoms with Crippen LogP contribution in [0.1, 0.15) is 22.8 Å². The molecule has 1 atom stereocenters. The molecule has 0 saturated heterocycles. The number of nitrogens with zero attached hydrogens (tertiary/aromatic N) is 3. The second kappa shape index (κ2) is 7.07. The standard InChI is InChI=1S/C21H20N4O2/c1-14-10-15-6-3-4-9-19(15)25(14)20(26)16-12-22-21(23-13-16)24-17-7-5-8-18(11-17)27-2/h3-9,11-14H,10H2,1-2H3,(H,22,23,24). The molecule has 136 valence electrons. The molecule has 0 fully saturated rings. The molecule has 0 bridgehead atoms. The number of nitrogens with one attached hydrogen (secondary N) is 1. The zero-order valence-electron chi connectivity index (χ0n) is 15.2. The molecule has 1 aliphatic rings. The molecule has 3 aromatic rings. The number of fused-ring (bicyclic) bond motifs is 1. The largest absolute Gasteiger partial charge is 0.497 e. The van der Waals surface area contributed by atoms with Gasteiger partial charge in [-0.3, -0.25) is 4.79 Å². The summed E-state index contributed by atoms with van der Waals surface area (Å²) in [6.45, 7) is 2.05. The molecule has 1 aliphatic heterocycles. The maximum absolute atomic E-state index is 13.0. The number of benzene rings is 2. The van der Waals surface area contributed by atoms with Crippen LogP contribution in [0.25, 0.3) is 0 Å². The van der Waals surface area contributed by atoms with Gasteiger partial charge >= 0.3 is 0 Å². The summed E-state index contributed by atoms with van der Waals surface area (Å²) in [7, 11) is 1.62. The maximum Gasteiger partial charge on any atom is 0.261 e. The Balaban J connectivity index is 1.53. The highest BCUT2D eigenvalue weighted by atomic mass is 16.5. The summed E-state index contributed by atoms with van der Waals surface area (Å²) < 4.78 is 5.21. The number of ether oxygens (including phenoxy) is 1. The first-order chi connectivity index (χ1) is 13.2. The van der Waals surface area contributed by atoms with Crippen molar-refractivity contribution in [2.45, 2.75) is 19.4 Å². The minimum Gasteiger partial charge on any atom is -0.497 e. The van der Waals surface area contributed by atoms with Crippen LogP contribution in [0.2, 0.25) is 0 Å². The van der Waals surface area contributed by atoms with Crippen LogP contribution in [0.15, 0.2) is 60.9 Å². The Labute approximate surface area is 157 Å². The minimum absolute atomic E-state index is 0.0830. The lowest BCUT2D eigenvalue weighted by Gasteiger charge is -2.22. The monoisotopic (exact) mass is 360 g/mol. The van der Waals surface area contributed by atoms with Gasteiger partial charge < -0.3 is 15.0 Å². The third-order valence-electron chi connectivity index (χ3n) is 4.65. The number of rotatable bonds is 4. The van der Waals surface area contributed by atoms with Crippen LogP contribution in [0, 0.1) is 0 Å². The Hall–Kier alpha value is -3.41. The van der Waals surface area contributed by atoms with Crippen molar-refractivity contribution < 1.29 is 9.53 Å². The second-order valence-corrected chi connectivity index (χ2v) is 6.51. The predicted molar refractivity (Wildman–Crippen MR) is 105 cm³/mol. The van der Waals surface area contributed by atoms with E-state index < -0.39 is 0 Å². The van der Waals surface area contributed by atoms with E-state index in [2.05, 4.69) is 28.3 Å². The summed E-state index contributed by atoms with van der Waals surface area (Å²) in [4.78, 5) is 23.4. The smallest absolute Gasteiger partial charge is 0.261 e. The number of aromatic nitrogens is 2. The SMILES string of the molecule is COc1cccc(Nc2ncc(C(=O)N3c4ccccc4CC3C)cn2)c1. The van der Waals surface area contributed by atoms with Crippen molar-refractivity contribution in [2.24, 2.45) is 0 Å². The van der Waals surface area contributed by atoms with Crippen molar-refractivity contribution in [3.63, 3.8) is 0 Å². The molecule has 2 aromatic carbocycles. The number of hydrogen-bond donors (Lipinski definition) is 1. The molecule has 0 saturated carbocycles. The average molecular weight is 360 g/mol. The van der Waals surface area contributed by atoms with Gasteiger partial charge in [0.25, 0.3) is 5.91 Å². The third-order valence-corrected chi connectivity index (χ3v) is 4.65. The van der Waals surface area contributed by atoms with E-state index in [1.807, 2.05) is 47.4 Å². The maximum atomic E-state index is 13.0. The first kappa shape index (κ1) is 17.0. The van der Waals surface area contributed by atoms with Crippen molar-refractivity contribution in [3.8, 4) is 5.75 Å². The quantitative estimate of drug-likeness (QED) is 0.766. The highest BCUT2D eigenvalue weighted by Gasteiger charge is 2.31. The molecule has 6 heteroatoms. The van der Waals surface area contributed by atoms with Crippen LogP contribution >= 0.6 is 0 Å². The van der Waals surface area contributed by atoms with Crippen molar-refractivity contribution in [3.05, 3.63) is 72.1 Å². The van der Waals surface area contributed by atoms with E-state index in [-0.39, 0.29) is 11.9 Å². The topological polar surface area (TPSA) is 67.3 Å². The van der Waals surface area contributed by atoms with E-state index in [9.17, 15) is 4.79 Å². The van der Waals surface area contributed by atoms with Crippen molar-refractivity contribution in [1.29, 1.82) is 0 Å². The summed E-state index contributed by atoms with van der Waals surface area (Å²) in [5.74, 6) is 1.09. The molecule has 0 aliphatic carbocycles. The van der Waals surface area contributed by atoms with Gasteiger partial charge in [-0.1, -0.05) is 24.3 Å². The number of methoxy groups -OCH3 is 1. The lowest BCUT2D eigenvalue weighted by Crippen LogP contribution is -2.35. The summed E-state index contributed by atoms with van der Waals surface area (Å²) >= 11 is 0. The second-order valence-electron chi connectivity index (χ2n) is 6.51. The first-order valence-electron chi connectivity index (χ1n) is 8.80. The lowest BCUT2D eigenvalue weighted by atomic mass is 10.1. The lowest BCUT2D eigenvalue weighted by molar-refractivity contribution is 0.0981. The van der Waals surface area contributed by atoms with Gasteiger partial charge in [-0.25, -0.2) is 9.97 Å². The first-order valence-corrected chi connectivity index (χ1v) is 8.80. The fourth-order valence-electron chi connectivity index (χ4n) is 3.35. The van der Waals surface area contributed by atoms with E-state index in [1.165, 1.54) is 5.56 Å². The summed E-state index contributed by atoms with van der Waals surface area (Å²) in [6.07, 6.45) is 3.98. The molecule has 4 rings (SSSR count). The Kier molecular flexibility index (Phi) is 4.46. The van der Waals surface area contributed by atoms with Crippen LogP contribution in [-0.2, 0) is 6.42 Å². The van der Waals surface area contributed by atoms with E-state index in [0.717, 1.165) is 23.5 Å². The number of hydrogen-bond acceptors (Lipinski definition) is 5. The zero-order chi connectivity index (χ0) is 18.8. The van der Waals surface area contributed by atoms with Gasteiger partial charge in [0, 0.05) is 35.9 Å². The van der Waals surface area contributed by atoms with Gasteiger partial charge in [-0.2, -0.15) is 0 Å². The van der Waals surface area contributed by atoms with Crippen molar-refractivity contribution >= 4 is 23.2 Å². The molecule has 1 N–H and O–H groups in total.